The van der Waals surface area contributed by atoms with Crippen LogP contribution in [0.25, 0.3) is 0 Å². The average molecular weight is 496 g/mol. The Labute approximate surface area is 200 Å². The first-order valence-electron chi connectivity index (χ1n) is 10.9. The number of benzene rings is 2. The van der Waals surface area contributed by atoms with E-state index in [9.17, 15) is 13.2 Å². The Morgan fingerprint density at radius 1 is 1.21 bits per heavy atom. The summed E-state index contributed by atoms with van der Waals surface area (Å²) in [4.78, 5) is 12.9. The zero-order chi connectivity index (χ0) is 24.0. The van der Waals surface area contributed by atoms with E-state index in [0.29, 0.717) is 53.9 Å². The van der Waals surface area contributed by atoms with Gasteiger partial charge in [-0.15, -0.1) is 0 Å². The molecule has 0 radical (unpaired) electrons. The molecule has 1 aliphatic heterocycles. The molecule has 8 nitrogen and oxygen atoms in total. The molecule has 0 spiro atoms. The molecule has 0 saturated carbocycles. The van der Waals surface area contributed by atoms with Crippen LogP contribution in [0.1, 0.15) is 26.7 Å². The number of rotatable bonds is 9. The number of nitrogens with zero attached hydrogens (tertiary/aromatic N) is 2. The van der Waals surface area contributed by atoms with Crippen LogP contribution in [-0.2, 0) is 15.0 Å². The summed E-state index contributed by atoms with van der Waals surface area (Å²) in [6.07, 6.45) is 1.21. The third-order valence-corrected chi connectivity index (χ3v) is 7.81. The van der Waals surface area contributed by atoms with E-state index in [1.165, 1.54) is 15.7 Å². The van der Waals surface area contributed by atoms with Gasteiger partial charge >= 0.3 is 10.2 Å². The van der Waals surface area contributed by atoms with Gasteiger partial charge in [-0.3, -0.25) is 9.10 Å². The maximum Gasteiger partial charge on any atom is 0.304 e. The van der Waals surface area contributed by atoms with Crippen molar-refractivity contribution in [2.45, 2.75) is 26.7 Å². The van der Waals surface area contributed by atoms with Crippen molar-refractivity contribution in [3.8, 4) is 11.5 Å². The molecule has 3 rings (SSSR count). The first-order chi connectivity index (χ1) is 15.8. The lowest BCUT2D eigenvalue weighted by Crippen LogP contribution is -2.50. The minimum Gasteiger partial charge on any atom is -0.495 e. The second-order valence-electron chi connectivity index (χ2n) is 7.64. The van der Waals surface area contributed by atoms with Crippen molar-refractivity contribution in [3.05, 3.63) is 47.5 Å². The molecule has 1 N–H and O–H groups in total. The Balaban J connectivity index is 1.72. The van der Waals surface area contributed by atoms with Gasteiger partial charge in [0.15, 0.2) is 0 Å². The lowest BCUT2D eigenvalue weighted by atomic mass is 9.99. The van der Waals surface area contributed by atoms with Gasteiger partial charge < -0.3 is 14.8 Å². The number of hydrogen-bond donors (Lipinski definition) is 1. The van der Waals surface area contributed by atoms with Crippen LogP contribution in [0.3, 0.4) is 0 Å². The third-order valence-electron chi connectivity index (χ3n) is 5.50. The zero-order valence-electron chi connectivity index (χ0n) is 19.1. The van der Waals surface area contributed by atoms with Crippen LogP contribution in [0, 0.1) is 5.92 Å². The van der Waals surface area contributed by atoms with Crippen LogP contribution in [0.2, 0.25) is 5.02 Å². The van der Waals surface area contributed by atoms with Crippen molar-refractivity contribution in [1.82, 2.24) is 4.31 Å². The van der Waals surface area contributed by atoms with Gasteiger partial charge in [-0.1, -0.05) is 11.6 Å². The fourth-order valence-electron chi connectivity index (χ4n) is 3.85. The first-order valence-corrected chi connectivity index (χ1v) is 12.7. The summed E-state index contributed by atoms with van der Waals surface area (Å²) in [6, 6.07) is 11.9. The molecular weight excluding hydrogens is 466 g/mol. The summed E-state index contributed by atoms with van der Waals surface area (Å²) < 4.78 is 40.2. The molecule has 180 valence electrons. The van der Waals surface area contributed by atoms with Crippen LogP contribution in [0.5, 0.6) is 11.5 Å². The van der Waals surface area contributed by atoms with Gasteiger partial charge in [0.1, 0.15) is 11.5 Å². The van der Waals surface area contributed by atoms with Crippen molar-refractivity contribution in [1.29, 1.82) is 0 Å². The summed E-state index contributed by atoms with van der Waals surface area (Å²) >= 11 is 6.14. The molecule has 1 aliphatic rings. The molecule has 1 saturated heterocycles. The van der Waals surface area contributed by atoms with E-state index in [1.807, 2.05) is 6.92 Å². The second-order valence-corrected chi connectivity index (χ2v) is 9.90. The largest absolute Gasteiger partial charge is 0.495 e. The van der Waals surface area contributed by atoms with Crippen molar-refractivity contribution in [2.24, 2.45) is 5.92 Å². The van der Waals surface area contributed by atoms with E-state index in [0.717, 1.165) is 0 Å². The summed E-state index contributed by atoms with van der Waals surface area (Å²) in [5.41, 5.74) is 1.09. The lowest BCUT2D eigenvalue weighted by molar-refractivity contribution is -0.120. The monoisotopic (exact) mass is 495 g/mol. The molecule has 0 aliphatic carbocycles. The van der Waals surface area contributed by atoms with Crippen molar-refractivity contribution in [3.63, 3.8) is 0 Å². The molecule has 1 amide bonds. The normalized spacial score (nSPS) is 16.8. The van der Waals surface area contributed by atoms with E-state index in [2.05, 4.69) is 5.32 Å². The molecular formula is C23H30ClN3O5S. The first kappa shape index (κ1) is 25.1. The topological polar surface area (TPSA) is 88.2 Å². The number of nitrogens with one attached hydrogen (secondary N) is 1. The molecule has 2 aromatic carbocycles. The molecule has 1 atom stereocenters. The fraction of sp³-hybridized carbons (Fsp3) is 0.435. The van der Waals surface area contributed by atoms with Crippen LogP contribution in [0.4, 0.5) is 11.4 Å². The van der Waals surface area contributed by atoms with Crippen molar-refractivity contribution in [2.75, 3.05) is 43.0 Å². The number of ether oxygens (including phenoxy) is 2. The number of anilines is 2. The minimum atomic E-state index is -3.80. The summed E-state index contributed by atoms with van der Waals surface area (Å²) in [5.74, 6) is 0.496. The number of halogens is 1. The quantitative estimate of drug-likeness (QED) is 0.564. The SMILES string of the molecule is CCOc1ccc(N(CC)S(=O)(=O)N2CCCC(C(=O)Nc3ccc(OC)c(Cl)c3)C2)cc1. The highest BCUT2D eigenvalue weighted by atomic mass is 35.5. The van der Waals surface area contributed by atoms with Crippen LogP contribution >= 0.6 is 11.6 Å². The summed E-state index contributed by atoms with van der Waals surface area (Å²) in [7, 11) is -2.28. The van der Waals surface area contributed by atoms with E-state index in [1.54, 1.807) is 49.4 Å². The predicted octanol–water partition coefficient (Wildman–Crippen LogP) is 4.17. The van der Waals surface area contributed by atoms with Crippen molar-refractivity contribution >= 4 is 39.1 Å². The number of piperidine rings is 1. The number of carbonyl (C=O) groups excluding carboxylic acids is 1. The molecule has 0 bridgehead atoms. The molecule has 1 unspecified atom stereocenters. The highest BCUT2D eigenvalue weighted by Gasteiger charge is 2.35. The molecule has 1 fully saturated rings. The van der Waals surface area contributed by atoms with Gasteiger partial charge in [0.2, 0.25) is 5.91 Å². The molecule has 0 aromatic heterocycles. The Kier molecular flexibility index (Phi) is 8.45. The lowest BCUT2D eigenvalue weighted by Gasteiger charge is -2.35. The Morgan fingerprint density at radius 2 is 1.94 bits per heavy atom. The van der Waals surface area contributed by atoms with Gasteiger partial charge in [-0.2, -0.15) is 12.7 Å². The molecule has 10 heteroatoms. The maximum absolute atomic E-state index is 13.4. The maximum atomic E-state index is 13.4. The minimum absolute atomic E-state index is 0.117. The van der Waals surface area contributed by atoms with Crippen LogP contribution in [-0.4, -0.2) is 52.0 Å². The van der Waals surface area contributed by atoms with Gasteiger partial charge in [0, 0.05) is 25.3 Å². The van der Waals surface area contributed by atoms with Crippen LogP contribution < -0.4 is 19.1 Å². The van der Waals surface area contributed by atoms with E-state index in [-0.39, 0.29) is 19.0 Å². The fourth-order valence-corrected chi connectivity index (χ4v) is 5.83. The standard InChI is InChI=1S/C23H30ClN3O5S/c1-4-27(19-9-11-20(12-10-19)32-5-2)33(29,30)26-14-6-7-17(16-26)23(28)25-18-8-13-22(31-3)21(24)15-18/h8-13,15,17H,4-7,14,16H2,1-3H3,(H,25,28). The van der Waals surface area contributed by atoms with Gasteiger partial charge in [-0.25, -0.2) is 0 Å². The predicted molar refractivity (Wildman–Crippen MR) is 130 cm³/mol. The molecule has 33 heavy (non-hydrogen) atoms. The number of carbonyl (C=O) groups is 1. The summed E-state index contributed by atoms with van der Waals surface area (Å²) in [5, 5.41) is 3.23. The Bertz CT molecular complexity index is 1060. The number of methoxy groups -OCH3 is 1. The van der Waals surface area contributed by atoms with Gasteiger partial charge in [-0.05, 0) is 69.2 Å². The van der Waals surface area contributed by atoms with E-state index < -0.39 is 16.1 Å². The van der Waals surface area contributed by atoms with Gasteiger partial charge in [0.05, 0.1) is 30.3 Å². The number of amides is 1. The smallest absolute Gasteiger partial charge is 0.304 e. The van der Waals surface area contributed by atoms with Gasteiger partial charge in [0.25, 0.3) is 0 Å². The highest BCUT2D eigenvalue weighted by Crippen LogP contribution is 2.29. The highest BCUT2D eigenvalue weighted by molar-refractivity contribution is 7.90. The Morgan fingerprint density at radius 3 is 2.55 bits per heavy atom. The van der Waals surface area contributed by atoms with E-state index in [4.69, 9.17) is 21.1 Å². The third kappa shape index (κ3) is 5.90. The molecule has 1 heterocycles. The summed E-state index contributed by atoms with van der Waals surface area (Å²) in [6.45, 7) is 4.97. The number of hydrogen-bond acceptors (Lipinski definition) is 5. The van der Waals surface area contributed by atoms with Crippen LogP contribution in [0.15, 0.2) is 42.5 Å². The van der Waals surface area contributed by atoms with Crippen molar-refractivity contribution < 1.29 is 22.7 Å². The second kappa shape index (κ2) is 11.1. The molecule has 2 aromatic rings. The van der Waals surface area contributed by atoms with E-state index >= 15 is 0 Å². The average Bonchev–Trinajstić information content (AvgIpc) is 2.81. The zero-order valence-corrected chi connectivity index (χ0v) is 20.7. The Hall–Kier alpha value is -2.49.